The van der Waals surface area contributed by atoms with Crippen LogP contribution in [0.5, 0.6) is 0 Å². The minimum Gasteiger partial charge on any atom is -0.424 e. The van der Waals surface area contributed by atoms with Gasteiger partial charge in [-0.2, -0.15) is 13.2 Å². The molecule has 0 radical (unpaired) electrons. The van der Waals surface area contributed by atoms with Crippen LogP contribution in [0, 0.1) is 11.8 Å². The molecule has 1 saturated heterocycles. The van der Waals surface area contributed by atoms with Crippen LogP contribution in [0.3, 0.4) is 0 Å². The zero-order valence-corrected chi connectivity index (χ0v) is 23.5. The smallest absolute Gasteiger partial charge is 0.424 e. The van der Waals surface area contributed by atoms with Gasteiger partial charge in [0.15, 0.2) is 5.76 Å². The van der Waals surface area contributed by atoms with E-state index >= 15 is 0 Å². The number of alkyl halides is 3. The normalized spacial score (nSPS) is 21.6. The van der Waals surface area contributed by atoms with Gasteiger partial charge in [0.25, 0.3) is 6.01 Å². The number of benzene rings is 1. The molecule has 7 nitrogen and oxygen atoms in total. The molecule has 10 heteroatoms. The largest absolute Gasteiger partial charge is 0.451 e. The summed E-state index contributed by atoms with van der Waals surface area (Å²) in [6.07, 6.45) is 9.28. The molecule has 0 unspecified atom stereocenters. The maximum atomic E-state index is 12.9. The summed E-state index contributed by atoms with van der Waals surface area (Å²) in [5.41, 5.74) is 2.53. The third-order valence-corrected chi connectivity index (χ3v) is 8.28. The molecule has 1 N–H and O–H groups in total. The fourth-order valence-corrected chi connectivity index (χ4v) is 6.29. The monoisotopic (exact) mass is 569 g/mol. The van der Waals surface area contributed by atoms with Crippen LogP contribution < -0.4 is 10.2 Å². The molecule has 1 saturated carbocycles. The van der Waals surface area contributed by atoms with Crippen molar-refractivity contribution in [1.29, 1.82) is 0 Å². The fraction of sp³-hybridized carbons (Fsp3) is 0.548. The van der Waals surface area contributed by atoms with Gasteiger partial charge < -0.3 is 14.6 Å². The van der Waals surface area contributed by atoms with Crippen molar-refractivity contribution in [1.82, 2.24) is 15.0 Å². The molecule has 1 aromatic carbocycles. The zero-order valence-electron chi connectivity index (χ0n) is 23.5. The quantitative estimate of drug-likeness (QED) is 0.273. The number of carbonyl (C=O) groups excluding carboxylic acids is 1. The first kappa shape index (κ1) is 29.1. The number of rotatable bonds is 10. The lowest BCUT2D eigenvalue weighted by molar-refractivity contribution is -0.145. The summed E-state index contributed by atoms with van der Waals surface area (Å²) in [7, 11) is 0. The third kappa shape index (κ3) is 7.65. The lowest BCUT2D eigenvalue weighted by Crippen LogP contribution is -2.39. The van der Waals surface area contributed by atoms with Crippen molar-refractivity contribution < 1.29 is 22.4 Å². The lowest BCUT2D eigenvalue weighted by atomic mass is 9.77. The Kier molecular flexibility index (Phi) is 9.25. The summed E-state index contributed by atoms with van der Waals surface area (Å²) in [5.74, 6) is 0.709. The number of hydrogen-bond acceptors (Lipinski definition) is 7. The Morgan fingerprint density at radius 1 is 1.07 bits per heavy atom. The predicted octanol–water partition coefficient (Wildman–Crippen LogP) is 7.34. The standard InChI is InChI=1S/C31H38F3N5O2/c1-2-7-26(40)16-21-8-5-11-24(14-21)28-19-37-30(41-28)38-27-12-4-3-10-23(27)15-22-9-6-13-39(20-22)25-17-35-29(36-18-25)31(32,33)34/h5,8,11,14,17-19,22-23,27H,2-4,6-7,9-10,12-13,15-16,20H2,1H3,(H,37,38)/t22-,23+,27-/m1/s1. The molecule has 220 valence electrons. The number of Topliss-reactive ketones (excluding diaryl/α,β-unsaturated/α-hetero) is 1. The average Bonchev–Trinajstić information content (AvgIpc) is 3.43. The second kappa shape index (κ2) is 13.0. The van der Waals surface area contributed by atoms with Gasteiger partial charge >= 0.3 is 6.18 Å². The molecule has 3 heterocycles. The molecule has 5 rings (SSSR count). The van der Waals surface area contributed by atoms with Crippen molar-refractivity contribution in [2.75, 3.05) is 23.3 Å². The highest BCUT2D eigenvalue weighted by Gasteiger charge is 2.35. The Bertz CT molecular complexity index is 1290. The Balaban J connectivity index is 1.20. The van der Waals surface area contributed by atoms with Gasteiger partial charge in [-0.25, -0.2) is 15.0 Å². The second-order valence-electron chi connectivity index (χ2n) is 11.4. The van der Waals surface area contributed by atoms with E-state index in [2.05, 4.69) is 25.2 Å². The van der Waals surface area contributed by atoms with E-state index in [0.29, 0.717) is 42.1 Å². The van der Waals surface area contributed by atoms with Crippen molar-refractivity contribution in [2.24, 2.45) is 11.8 Å². The molecule has 0 bridgehead atoms. The van der Waals surface area contributed by atoms with Gasteiger partial charge in [-0.3, -0.25) is 4.79 Å². The molecule has 1 aliphatic heterocycles. The van der Waals surface area contributed by atoms with E-state index in [-0.39, 0.29) is 11.8 Å². The number of ketones is 1. The predicted molar refractivity (Wildman–Crippen MR) is 152 cm³/mol. The number of piperidine rings is 1. The van der Waals surface area contributed by atoms with Gasteiger partial charge in [-0.05, 0) is 62.0 Å². The molecule has 3 aromatic rings. The van der Waals surface area contributed by atoms with Crippen LogP contribution in [0.15, 0.2) is 47.3 Å². The highest BCUT2D eigenvalue weighted by molar-refractivity contribution is 5.81. The van der Waals surface area contributed by atoms with E-state index in [9.17, 15) is 18.0 Å². The van der Waals surface area contributed by atoms with Gasteiger partial charge in [0.05, 0.1) is 24.3 Å². The minimum atomic E-state index is -4.53. The van der Waals surface area contributed by atoms with Crippen molar-refractivity contribution in [2.45, 2.75) is 83.4 Å². The van der Waals surface area contributed by atoms with Crippen molar-refractivity contribution in [3.05, 3.63) is 54.2 Å². The number of nitrogens with zero attached hydrogens (tertiary/aromatic N) is 4. The summed E-state index contributed by atoms with van der Waals surface area (Å²) in [6.45, 7) is 3.60. The summed E-state index contributed by atoms with van der Waals surface area (Å²) >= 11 is 0. The fourth-order valence-electron chi connectivity index (χ4n) is 6.29. The molecule has 0 spiro atoms. The molecule has 2 fully saturated rings. The molecular weight excluding hydrogens is 531 g/mol. The number of oxazole rings is 1. The maximum absolute atomic E-state index is 12.9. The SMILES string of the molecule is CCCC(=O)Cc1cccc(-c2cnc(N[C@@H]3CCCC[C@H]3C[C@H]3CCCN(c4cnc(C(F)(F)F)nc4)C3)o2)c1. The van der Waals surface area contributed by atoms with E-state index in [0.717, 1.165) is 69.2 Å². The van der Waals surface area contributed by atoms with E-state index in [4.69, 9.17) is 4.42 Å². The van der Waals surface area contributed by atoms with E-state index in [1.165, 1.54) is 18.8 Å². The van der Waals surface area contributed by atoms with Crippen LogP contribution in [0.25, 0.3) is 11.3 Å². The van der Waals surface area contributed by atoms with Gasteiger partial charge in [0.2, 0.25) is 5.82 Å². The summed E-state index contributed by atoms with van der Waals surface area (Å²) in [4.78, 5) is 25.8. The first-order valence-electron chi connectivity index (χ1n) is 14.8. The molecule has 3 atom stereocenters. The maximum Gasteiger partial charge on any atom is 0.451 e. The minimum absolute atomic E-state index is 0.238. The van der Waals surface area contributed by atoms with Gasteiger partial charge in [-0.1, -0.05) is 38.0 Å². The highest BCUT2D eigenvalue weighted by Crippen LogP contribution is 2.36. The number of aromatic nitrogens is 3. The zero-order chi connectivity index (χ0) is 28.8. The lowest BCUT2D eigenvalue weighted by Gasteiger charge is -2.38. The Morgan fingerprint density at radius 3 is 2.66 bits per heavy atom. The number of hydrogen-bond donors (Lipinski definition) is 1. The number of nitrogens with one attached hydrogen (secondary N) is 1. The van der Waals surface area contributed by atoms with Crippen molar-refractivity contribution in [3.63, 3.8) is 0 Å². The first-order valence-corrected chi connectivity index (χ1v) is 14.8. The van der Waals surface area contributed by atoms with Crippen LogP contribution in [0.4, 0.5) is 24.9 Å². The molecule has 2 aromatic heterocycles. The van der Waals surface area contributed by atoms with Crippen LogP contribution in [-0.4, -0.2) is 39.9 Å². The summed E-state index contributed by atoms with van der Waals surface area (Å²) in [5, 5.41) is 3.57. The topological polar surface area (TPSA) is 84.2 Å². The van der Waals surface area contributed by atoms with Gasteiger partial charge in [0, 0.05) is 37.5 Å². The van der Waals surface area contributed by atoms with Crippen LogP contribution >= 0.6 is 0 Å². The van der Waals surface area contributed by atoms with Gasteiger partial charge in [0.1, 0.15) is 5.78 Å². The van der Waals surface area contributed by atoms with Crippen LogP contribution in [-0.2, 0) is 17.4 Å². The van der Waals surface area contributed by atoms with Crippen molar-refractivity contribution >= 4 is 17.5 Å². The molecule has 1 aliphatic carbocycles. The molecule has 0 amide bonds. The summed E-state index contributed by atoms with van der Waals surface area (Å²) < 4.78 is 44.8. The third-order valence-electron chi connectivity index (χ3n) is 8.28. The summed E-state index contributed by atoms with van der Waals surface area (Å²) in [6, 6.07) is 8.64. The average molecular weight is 570 g/mol. The Hall–Kier alpha value is -3.43. The Labute approximate surface area is 239 Å². The van der Waals surface area contributed by atoms with Crippen LogP contribution in [0.1, 0.15) is 76.1 Å². The number of anilines is 2. The second-order valence-corrected chi connectivity index (χ2v) is 11.4. The van der Waals surface area contributed by atoms with Crippen molar-refractivity contribution in [3.8, 4) is 11.3 Å². The highest BCUT2D eigenvalue weighted by atomic mass is 19.4. The van der Waals surface area contributed by atoms with E-state index < -0.39 is 12.0 Å². The Morgan fingerprint density at radius 2 is 1.88 bits per heavy atom. The number of halogens is 3. The number of carbonyl (C=O) groups is 1. The van der Waals surface area contributed by atoms with E-state index in [1.54, 1.807) is 6.20 Å². The molecule has 41 heavy (non-hydrogen) atoms. The van der Waals surface area contributed by atoms with Gasteiger partial charge in [-0.15, -0.1) is 0 Å². The van der Waals surface area contributed by atoms with Crippen LogP contribution in [0.2, 0.25) is 0 Å². The molecular formula is C31H38F3N5O2. The molecule has 2 aliphatic rings. The first-order chi connectivity index (χ1) is 19.8. The van der Waals surface area contributed by atoms with E-state index in [1.807, 2.05) is 31.2 Å².